The number of fused-ring (bicyclic) bond motifs is 2. The van der Waals surface area contributed by atoms with Crippen LogP contribution in [0.3, 0.4) is 0 Å². The number of ether oxygens (including phenoxy) is 5. The molecule has 3 aromatic rings. The summed E-state index contributed by atoms with van der Waals surface area (Å²) in [6.45, 7) is 4.99. The number of amides is 1. The van der Waals surface area contributed by atoms with Crippen molar-refractivity contribution in [2.45, 2.75) is 101 Å². The molecule has 2 heterocycles. The van der Waals surface area contributed by atoms with Crippen molar-refractivity contribution < 1.29 is 47.9 Å². The van der Waals surface area contributed by atoms with Gasteiger partial charge in [0, 0.05) is 50.1 Å². The van der Waals surface area contributed by atoms with Crippen molar-refractivity contribution in [1.29, 1.82) is 0 Å². The molecule has 0 aromatic heterocycles. The van der Waals surface area contributed by atoms with Crippen LogP contribution >= 0.6 is 0 Å². The fourth-order valence-corrected chi connectivity index (χ4v) is 9.77. The molecule has 1 saturated carbocycles. The maximum absolute atomic E-state index is 14.7. The van der Waals surface area contributed by atoms with Crippen LogP contribution in [0.2, 0.25) is 0 Å². The maximum atomic E-state index is 14.7. The van der Waals surface area contributed by atoms with Gasteiger partial charge in [0.25, 0.3) is 0 Å². The molecule has 0 bridgehead atoms. The van der Waals surface area contributed by atoms with Crippen molar-refractivity contribution in [2.24, 2.45) is 22.9 Å². The molecule has 2 N–H and O–H groups in total. The molecule has 1 amide bonds. The first-order valence-corrected chi connectivity index (χ1v) is 21.9. The molecule has 0 radical (unpaired) electrons. The van der Waals surface area contributed by atoms with Gasteiger partial charge in [0.05, 0.1) is 38.4 Å². The van der Waals surface area contributed by atoms with Crippen molar-refractivity contribution >= 4 is 11.6 Å². The first-order valence-electron chi connectivity index (χ1n) is 21.9. The molecule has 4 aliphatic rings. The van der Waals surface area contributed by atoms with E-state index in [-0.39, 0.29) is 68.7 Å². The SMILES string of the molecule is C=CCO[C@@]12Oc3ccc(OCc4ccccc4F)cc3[C@H]3[C@H](CCCCO)[C@@H](CCCCO)C=C(C(=NOC4CCCCO4)C[C@@H]1N(C)C(=O)Cc1cccc(OC)c1)[C@H]32. The second kappa shape index (κ2) is 20.9. The number of oxime groups is 1. The zero-order chi connectivity index (χ0) is 42.8. The highest BCUT2D eigenvalue weighted by Crippen LogP contribution is 2.62. The van der Waals surface area contributed by atoms with Crippen molar-refractivity contribution in [3.05, 3.63) is 114 Å². The number of nitrogens with zero attached hydrogens (tertiary/aromatic N) is 2. The minimum absolute atomic E-state index is 0.0376. The highest BCUT2D eigenvalue weighted by atomic mass is 19.1. The third kappa shape index (κ3) is 9.99. The molecule has 1 unspecified atom stereocenters. The Bertz CT molecular complexity index is 2020. The van der Waals surface area contributed by atoms with E-state index in [2.05, 4.69) is 12.7 Å². The monoisotopic (exact) mass is 840 g/mol. The van der Waals surface area contributed by atoms with Crippen LogP contribution < -0.4 is 14.2 Å². The van der Waals surface area contributed by atoms with Crippen LogP contribution in [0.25, 0.3) is 0 Å². The van der Waals surface area contributed by atoms with Crippen LogP contribution in [0.5, 0.6) is 17.2 Å². The summed E-state index contributed by atoms with van der Waals surface area (Å²) >= 11 is 0. The lowest BCUT2D eigenvalue weighted by Gasteiger charge is -2.59. The van der Waals surface area contributed by atoms with Gasteiger partial charge in [-0.2, -0.15) is 0 Å². The zero-order valence-corrected chi connectivity index (χ0v) is 35.5. The molecule has 7 atom stereocenters. The Morgan fingerprint density at radius 2 is 1.84 bits per heavy atom. The number of likely N-dealkylation sites (N-methyl/N-ethyl adjacent to an activating group) is 1. The molecule has 11 nitrogen and oxygen atoms in total. The Hall–Kier alpha value is -4.75. The number of rotatable bonds is 20. The van der Waals surface area contributed by atoms with Crippen molar-refractivity contribution in [1.82, 2.24) is 4.90 Å². The van der Waals surface area contributed by atoms with Crippen molar-refractivity contribution in [3.63, 3.8) is 0 Å². The molecule has 1 saturated heterocycles. The summed E-state index contributed by atoms with van der Waals surface area (Å²) in [5.74, 6) is -0.633. The molecule has 61 heavy (non-hydrogen) atoms. The Balaban J connectivity index is 1.38. The second-order valence-electron chi connectivity index (χ2n) is 16.6. The summed E-state index contributed by atoms with van der Waals surface area (Å²) in [6, 6.07) is 19.2. The lowest BCUT2D eigenvalue weighted by Crippen LogP contribution is -2.69. The first kappa shape index (κ1) is 44.3. The van der Waals surface area contributed by atoms with Gasteiger partial charge in [0.15, 0.2) is 0 Å². The van der Waals surface area contributed by atoms with Crippen LogP contribution in [0.15, 0.2) is 96.2 Å². The van der Waals surface area contributed by atoms with E-state index in [9.17, 15) is 19.4 Å². The van der Waals surface area contributed by atoms with Crippen molar-refractivity contribution in [3.8, 4) is 17.2 Å². The lowest BCUT2D eigenvalue weighted by atomic mass is 9.55. The number of carbonyl (C=O) groups excluding carboxylic acids is 1. The topological polar surface area (TPSA) is 129 Å². The second-order valence-corrected chi connectivity index (χ2v) is 16.6. The Morgan fingerprint density at radius 1 is 1.02 bits per heavy atom. The van der Waals surface area contributed by atoms with Gasteiger partial charge in [0.1, 0.15) is 35.7 Å². The molecule has 2 aliphatic heterocycles. The van der Waals surface area contributed by atoms with E-state index in [0.29, 0.717) is 48.0 Å². The summed E-state index contributed by atoms with van der Waals surface area (Å²) in [6.07, 6.45) is 11.1. The number of methoxy groups -OCH3 is 1. The van der Waals surface area contributed by atoms with E-state index in [1.54, 1.807) is 43.3 Å². The third-order valence-electron chi connectivity index (χ3n) is 12.8. The van der Waals surface area contributed by atoms with Crippen LogP contribution in [0.1, 0.15) is 86.8 Å². The van der Waals surface area contributed by atoms with Gasteiger partial charge in [-0.1, -0.05) is 60.5 Å². The molecule has 0 spiro atoms. The normalized spacial score (nSPS) is 26.0. The van der Waals surface area contributed by atoms with E-state index in [1.807, 2.05) is 42.5 Å². The van der Waals surface area contributed by atoms with Gasteiger partial charge in [-0.3, -0.25) is 4.79 Å². The number of benzene rings is 3. The highest BCUT2D eigenvalue weighted by Gasteiger charge is 2.65. The summed E-state index contributed by atoms with van der Waals surface area (Å²) < 4.78 is 46.8. The molecular formula is C49H61FN2O9. The number of aliphatic hydroxyl groups is 2. The molecule has 2 aliphatic carbocycles. The smallest absolute Gasteiger partial charge is 0.239 e. The minimum Gasteiger partial charge on any atom is -0.497 e. The zero-order valence-electron chi connectivity index (χ0n) is 35.5. The number of carbonyl (C=O) groups is 1. The van der Waals surface area contributed by atoms with E-state index in [0.717, 1.165) is 61.6 Å². The van der Waals surface area contributed by atoms with E-state index in [1.165, 1.54) is 6.07 Å². The van der Waals surface area contributed by atoms with Gasteiger partial charge in [-0.05, 0) is 97.9 Å². The van der Waals surface area contributed by atoms with Crippen LogP contribution in [0.4, 0.5) is 4.39 Å². The van der Waals surface area contributed by atoms with Gasteiger partial charge >= 0.3 is 0 Å². The average molecular weight is 841 g/mol. The predicted octanol–water partition coefficient (Wildman–Crippen LogP) is 8.27. The minimum atomic E-state index is -1.39. The number of aliphatic hydroxyl groups excluding tert-OH is 2. The molecule has 7 rings (SSSR count). The van der Waals surface area contributed by atoms with Gasteiger partial charge < -0.3 is 43.6 Å². The van der Waals surface area contributed by atoms with Gasteiger partial charge in [-0.15, -0.1) is 6.58 Å². The number of halogens is 1. The van der Waals surface area contributed by atoms with Crippen molar-refractivity contribution in [2.75, 3.05) is 40.6 Å². The number of hydrogen-bond acceptors (Lipinski definition) is 10. The predicted molar refractivity (Wildman–Crippen MR) is 230 cm³/mol. The lowest BCUT2D eigenvalue weighted by molar-refractivity contribution is -0.255. The molecule has 2 fully saturated rings. The third-order valence-corrected chi connectivity index (χ3v) is 12.8. The van der Waals surface area contributed by atoms with Gasteiger partial charge in [0.2, 0.25) is 18.0 Å². The molecule has 3 aromatic carbocycles. The number of allylic oxidation sites excluding steroid dienone is 1. The average Bonchev–Trinajstić information content (AvgIpc) is 3.28. The standard InChI is InChI=1S/C49H61FN2O9/c1-4-25-59-49-44(52(2)45(55)28-33-14-13-17-36(27-33)56-3)31-42(51-61-46-20-9-12-26-57-46)39-29-34(15-7-10-23-53)38(18-8-11-24-54)47(48(39)49)40-30-37(21-22-43(40)60-49)58-32-35-16-5-6-19-41(35)50/h4-6,13-14,16-17,19,21-22,27,29-30,34,38,44,46-48,53-54H,1,7-12,15,18,20,23-26,28,31-32H2,2-3H3/t34-,38+,44-,46?,47+,48+,49+/m0/s1. The quantitative estimate of drug-likeness (QED) is 0.0657. The number of unbranched alkanes of at least 4 members (excludes halogenated alkanes) is 2. The molecule has 12 heteroatoms. The van der Waals surface area contributed by atoms with Crippen LogP contribution in [-0.4, -0.2) is 85.4 Å². The fraction of sp³-hybridized carbons (Fsp3) is 0.510. The summed E-state index contributed by atoms with van der Waals surface area (Å²) in [5, 5.41) is 24.7. The molecular weight excluding hydrogens is 780 g/mol. The summed E-state index contributed by atoms with van der Waals surface area (Å²) in [5.41, 5.74) is 3.81. The first-order chi connectivity index (χ1) is 29.8. The summed E-state index contributed by atoms with van der Waals surface area (Å²) in [7, 11) is 3.41. The van der Waals surface area contributed by atoms with E-state index < -0.39 is 24.0 Å². The van der Waals surface area contributed by atoms with Gasteiger partial charge in [-0.25, -0.2) is 4.39 Å². The fourth-order valence-electron chi connectivity index (χ4n) is 9.77. The summed E-state index contributed by atoms with van der Waals surface area (Å²) in [4.78, 5) is 22.5. The van der Waals surface area contributed by atoms with E-state index in [4.69, 9.17) is 33.7 Å². The largest absolute Gasteiger partial charge is 0.497 e. The highest BCUT2D eigenvalue weighted by molar-refractivity contribution is 6.03. The Morgan fingerprint density at radius 3 is 2.59 bits per heavy atom. The Kier molecular flexibility index (Phi) is 15.2. The number of hydrogen-bond donors (Lipinski definition) is 2. The maximum Gasteiger partial charge on any atom is 0.239 e. The van der Waals surface area contributed by atoms with Crippen LogP contribution in [-0.2, 0) is 32.1 Å². The Labute approximate surface area is 359 Å². The molecule has 328 valence electrons. The van der Waals surface area contributed by atoms with Crippen LogP contribution in [0, 0.1) is 23.6 Å². The van der Waals surface area contributed by atoms with E-state index >= 15 is 0 Å².